The van der Waals surface area contributed by atoms with Crippen LogP contribution in [0.1, 0.15) is 34.3 Å². The Bertz CT molecular complexity index is 543. The normalized spacial score (nSPS) is 19.5. The van der Waals surface area contributed by atoms with Gasteiger partial charge in [0.1, 0.15) is 0 Å². The zero-order valence-corrected chi connectivity index (χ0v) is 11.8. The largest absolute Gasteiger partial charge is 0.416 e. The Morgan fingerprint density at radius 1 is 1.04 bits per heavy atom. The third kappa shape index (κ3) is 4.60. The van der Waals surface area contributed by atoms with Gasteiger partial charge in [-0.1, -0.05) is 0 Å². The van der Waals surface area contributed by atoms with Gasteiger partial charge in [0.25, 0.3) is 5.91 Å². The smallest absolute Gasteiger partial charge is 0.348 e. The van der Waals surface area contributed by atoms with Crippen molar-refractivity contribution in [2.45, 2.75) is 31.2 Å². The lowest BCUT2D eigenvalue weighted by molar-refractivity contribution is -0.143. The van der Waals surface area contributed by atoms with Gasteiger partial charge in [0.2, 0.25) is 0 Å². The van der Waals surface area contributed by atoms with Gasteiger partial charge in [-0.25, -0.2) is 0 Å². The first kappa shape index (κ1) is 17.6. The van der Waals surface area contributed by atoms with Crippen molar-refractivity contribution in [1.29, 1.82) is 0 Å². The van der Waals surface area contributed by atoms with E-state index in [1.165, 1.54) is 0 Å². The molecule has 1 fully saturated rings. The third-order valence-corrected chi connectivity index (χ3v) is 3.48. The summed E-state index contributed by atoms with van der Waals surface area (Å²) in [6.07, 6.45) is -8.56. The van der Waals surface area contributed by atoms with Crippen molar-refractivity contribution in [1.82, 2.24) is 10.6 Å². The SMILES string of the molecule is O=C(N[C@H]1CCCNC1)c1cc(C(F)(F)F)cc(C(F)(F)F)c1. The summed E-state index contributed by atoms with van der Waals surface area (Å²) in [5.41, 5.74) is -3.66. The van der Waals surface area contributed by atoms with E-state index in [9.17, 15) is 31.1 Å². The van der Waals surface area contributed by atoms with Gasteiger partial charge in [0.05, 0.1) is 11.1 Å². The minimum atomic E-state index is -4.97. The first-order valence-corrected chi connectivity index (χ1v) is 6.88. The van der Waals surface area contributed by atoms with E-state index in [-0.39, 0.29) is 12.1 Å². The molecule has 0 aromatic heterocycles. The number of amides is 1. The predicted molar refractivity (Wildman–Crippen MR) is 69.8 cm³/mol. The summed E-state index contributed by atoms with van der Waals surface area (Å²) in [6.45, 7) is 1.19. The van der Waals surface area contributed by atoms with Crippen LogP contribution >= 0.6 is 0 Å². The fourth-order valence-electron chi connectivity index (χ4n) is 2.33. The van der Waals surface area contributed by atoms with Crippen LogP contribution in [-0.2, 0) is 12.4 Å². The summed E-state index contributed by atoms with van der Waals surface area (Å²) in [5, 5.41) is 5.44. The average Bonchev–Trinajstić information content (AvgIpc) is 2.46. The Labute approximate surface area is 128 Å². The van der Waals surface area contributed by atoms with E-state index >= 15 is 0 Å². The highest BCUT2D eigenvalue weighted by molar-refractivity contribution is 5.94. The number of piperidine rings is 1. The summed E-state index contributed by atoms with van der Waals surface area (Å²) in [6, 6.07) is 0.542. The Morgan fingerprint density at radius 2 is 1.61 bits per heavy atom. The Hall–Kier alpha value is -1.77. The molecule has 2 N–H and O–H groups in total. The fourth-order valence-corrected chi connectivity index (χ4v) is 2.33. The molecule has 1 atom stereocenters. The zero-order valence-electron chi connectivity index (χ0n) is 11.8. The van der Waals surface area contributed by atoms with Crippen LogP contribution in [-0.4, -0.2) is 25.0 Å². The van der Waals surface area contributed by atoms with E-state index in [1.807, 2.05) is 0 Å². The monoisotopic (exact) mass is 340 g/mol. The third-order valence-electron chi connectivity index (χ3n) is 3.48. The predicted octanol–water partition coefficient (Wildman–Crippen LogP) is 3.21. The van der Waals surface area contributed by atoms with Gasteiger partial charge in [-0.3, -0.25) is 4.79 Å². The number of hydrogen-bond donors (Lipinski definition) is 2. The Morgan fingerprint density at radius 3 is 2.04 bits per heavy atom. The van der Waals surface area contributed by atoms with E-state index in [4.69, 9.17) is 0 Å². The maximum absolute atomic E-state index is 12.7. The number of carbonyl (C=O) groups excluding carboxylic acids is 1. The molecule has 0 bridgehead atoms. The van der Waals surface area contributed by atoms with Gasteiger partial charge in [-0.15, -0.1) is 0 Å². The van der Waals surface area contributed by atoms with Gasteiger partial charge < -0.3 is 10.6 Å². The maximum Gasteiger partial charge on any atom is 0.416 e. The van der Waals surface area contributed by atoms with Crippen molar-refractivity contribution < 1.29 is 31.1 Å². The van der Waals surface area contributed by atoms with E-state index in [0.29, 0.717) is 25.1 Å². The van der Waals surface area contributed by atoms with Crippen molar-refractivity contribution in [2.24, 2.45) is 0 Å². The molecule has 0 unspecified atom stereocenters. The molecule has 1 aliphatic rings. The highest BCUT2D eigenvalue weighted by Crippen LogP contribution is 2.36. The van der Waals surface area contributed by atoms with Crippen LogP contribution in [0.4, 0.5) is 26.3 Å². The zero-order chi connectivity index (χ0) is 17.3. The highest BCUT2D eigenvalue weighted by Gasteiger charge is 2.37. The number of benzene rings is 1. The number of hydrogen-bond acceptors (Lipinski definition) is 2. The Balaban J connectivity index is 2.30. The molecule has 9 heteroatoms. The van der Waals surface area contributed by atoms with Crippen LogP contribution in [0.25, 0.3) is 0 Å². The Kier molecular flexibility index (Phi) is 4.88. The molecular formula is C14H14F6N2O. The second kappa shape index (κ2) is 6.38. The van der Waals surface area contributed by atoms with Crippen molar-refractivity contribution in [3.05, 3.63) is 34.9 Å². The molecule has 0 spiro atoms. The quantitative estimate of drug-likeness (QED) is 0.812. The van der Waals surface area contributed by atoms with Crippen molar-refractivity contribution in [3.8, 4) is 0 Å². The van der Waals surface area contributed by atoms with Crippen molar-refractivity contribution >= 4 is 5.91 Å². The average molecular weight is 340 g/mol. The highest BCUT2D eigenvalue weighted by atomic mass is 19.4. The fraction of sp³-hybridized carbons (Fsp3) is 0.500. The summed E-state index contributed by atoms with van der Waals surface area (Å²) < 4.78 is 76.5. The second-order valence-corrected chi connectivity index (χ2v) is 5.31. The lowest BCUT2D eigenvalue weighted by atomic mass is 10.0. The molecule has 128 valence electrons. The van der Waals surface area contributed by atoms with Gasteiger partial charge >= 0.3 is 12.4 Å². The number of halogens is 6. The molecular weight excluding hydrogens is 326 g/mol. The second-order valence-electron chi connectivity index (χ2n) is 5.31. The topological polar surface area (TPSA) is 41.1 Å². The first-order valence-electron chi connectivity index (χ1n) is 6.88. The molecule has 3 nitrogen and oxygen atoms in total. The van der Waals surface area contributed by atoms with Crippen molar-refractivity contribution in [3.63, 3.8) is 0 Å². The number of nitrogens with one attached hydrogen (secondary N) is 2. The van der Waals surface area contributed by atoms with E-state index in [1.54, 1.807) is 0 Å². The maximum atomic E-state index is 12.7. The molecule has 1 aromatic carbocycles. The minimum absolute atomic E-state index is 0.00105. The molecule has 1 aromatic rings. The summed E-state index contributed by atoms with van der Waals surface area (Å²) in [5.74, 6) is -0.949. The van der Waals surface area contributed by atoms with Crippen LogP contribution in [0, 0.1) is 0 Å². The lowest BCUT2D eigenvalue weighted by Crippen LogP contribution is -2.45. The molecule has 2 rings (SSSR count). The molecule has 1 amide bonds. The van der Waals surface area contributed by atoms with Crippen LogP contribution in [0.3, 0.4) is 0 Å². The molecule has 1 saturated heterocycles. The standard InChI is InChI=1S/C14H14F6N2O/c15-13(16,17)9-4-8(5-10(6-9)14(18,19)20)12(23)22-11-2-1-3-21-7-11/h4-6,11,21H,1-3,7H2,(H,22,23)/t11-/m0/s1. The first-order chi connectivity index (χ1) is 10.6. The lowest BCUT2D eigenvalue weighted by Gasteiger charge is -2.24. The van der Waals surface area contributed by atoms with Crippen LogP contribution < -0.4 is 10.6 Å². The molecule has 0 aliphatic carbocycles. The molecule has 23 heavy (non-hydrogen) atoms. The van der Waals surface area contributed by atoms with Gasteiger partial charge in [-0.05, 0) is 37.6 Å². The van der Waals surface area contributed by atoms with Crippen LogP contribution in [0.5, 0.6) is 0 Å². The summed E-state index contributed by atoms with van der Waals surface area (Å²) in [4.78, 5) is 12.0. The molecule has 0 radical (unpaired) electrons. The van der Waals surface area contributed by atoms with E-state index in [0.717, 1.165) is 13.0 Å². The molecule has 1 aliphatic heterocycles. The van der Waals surface area contributed by atoms with Gasteiger partial charge in [0, 0.05) is 18.2 Å². The molecule has 0 saturated carbocycles. The van der Waals surface area contributed by atoms with Crippen LogP contribution in [0.2, 0.25) is 0 Å². The molecule has 1 heterocycles. The number of carbonyl (C=O) groups is 1. The number of rotatable bonds is 2. The number of alkyl halides is 6. The van der Waals surface area contributed by atoms with Gasteiger partial charge in [0.15, 0.2) is 0 Å². The van der Waals surface area contributed by atoms with E-state index in [2.05, 4.69) is 10.6 Å². The summed E-state index contributed by atoms with van der Waals surface area (Å²) in [7, 11) is 0. The van der Waals surface area contributed by atoms with E-state index < -0.39 is 35.0 Å². The van der Waals surface area contributed by atoms with Gasteiger partial charge in [-0.2, -0.15) is 26.3 Å². The minimum Gasteiger partial charge on any atom is -0.348 e. The summed E-state index contributed by atoms with van der Waals surface area (Å²) >= 11 is 0. The van der Waals surface area contributed by atoms with Crippen LogP contribution in [0.15, 0.2) is 18.2 Å². The van der Waals surface area contributed by atoms with Crippen molar-refractivity contribution in [2.75, 3.05) is 13.1 Å².